The van der Waals surface area contributed by atoms with Gasteiger partial charge >= 0.3 is 0 Å². The molecule has 16 heavy (non-hydrogen) atoms. The second kappa shape index (κ2) is 3.88. The minimum Gasteiger partial charge on any atom is -0.304 e. The van der Waals surface area contributed by atoms with Crippen molar-refractivity contribution in [2.24, 2.45) is 0 Å². The summed E-state index contributed by atoms with van der Waals surface area (Å²) >= 11 is 0. The molecule has 0 bridgehead atoms. The fraction of sp³-hybridized carbons (Fsp3) is 0.300. The largest absolute Gasteiger partial charge is 0.304 e. The summed E-state index contributed by atoms with van der Waals surface area (Å²) in [5, 5.41) is 10.7. The Bertz CT molecular complexity index is 461. The maximum absolute atomic E-state index is 13.5. The number of carbonyl (C=O) groups is 1. The maximum atomic E-state index is 13.5. The van der Waals surface area contributed by atoms with E-state index in [-0.39, 0.29) is 17.3 Å². The summed E-state index contributed by atoms with van der Waals surface area (Å²) in [4.78, 5) is 22.6. The van der Waals surface area contributed by atoms with Crippen LogP contribution in [-0.4, -0.2) is 17.4 Å². The molecule has 0 aliphatic carbocycles. The molecule has 1 fully saturated rings. The van der Waals surface area contributed by atoms with Gasteiger partial charge in [-0.3, -0.25) is 14.9 Å². The van der Waals surface area contributed by atoms with E-state index in [4.69, 9.17) is 0 Å². The van der Waals surface area contributed by atoms with Crippen molar-refractivity contribution < 1.29 is 14.1 Å². The van der Waals surface area contributed by atoms with Gasteiger partial charge in [0.15, 0.2) is 11.5 Å². The molecule has 1 aliphatic heterocycles. The highest BCUT2D eigenvalue weighted by Crippen LogP contribution is 2.33. The van der Waals surface area contributed by atoms with E-state index in [9.17, 15) is 19.3 Å². The molecule has 0 radical (unpaired) electrons. The molecule has 2 rings (SSSR count). The van der Waals surface area contributed by atoms with Crippen LogP contribution in [0, 0.1) is 15.9 Å². The van der Waals surface area contributed by atoms with Gasteiger partial charge in [0, 0.05) is 19.0 Å². The Hall–Kier alpha value is -1.98. The fourth-order valence-corrected chi connectivity index (χ4v) is 1.80. The van der Waals surface area contributed by atoms with Gasteiger partial charge in [-0.2, -0.15) is 0 Å². The van der Waals surface area contributed by atoms with Crippen molar-refractivity contribution in [1.29, 1.82) is 0 Å². The summed E-state index contributed by atoms with van der Waals surface area (Å²) in [7, 11) is 0. The van der Waals surface area contributed by atoms with Crippen LogP contribution in [0.2, 0.25) is 0 Å². The highest BCUT2D eigenvalue weighted by molar-refractivity contribution is 5.97. The van der Waals surface area contributed by atoms with Crippen LogP contribution in [0.3, 0.4) is 0 Å². The summed E-state index contributed by atoms with van der Waals surface area (Å²) in [6.07, 6.45) is 0.913. The van der Waals surface area contributed by atoms with Crippen LogP contribution in [0.25, 0.3) is 0 Å². The number of benzene rings is 1. The summed E-state index contributed by atoms with van der Waals surface area (Å²) < 4.78 is 13.5. The zero-order chi connectivity index (χ0) is 11.7. The van der Waals surface area contributed by atoms with Gasteiger partial charge in [-0.25, -0.2) is 4.39 Å². The van der Waals surface area contributed by atoms with Gasteiger partial charge in [0.05, 0.1) is 4.92 Å². The van der Waals surface area contributed by atoms with Gasteiger partial charge in [-0.05, 0) is 12.5 Å². The number of nitrogens with zero attached hydrogens (tertiary/aromatic N) is 2. The molecular weight excluding hydrogens is 215 g/mol. The molecule has 1 aromatic rings. The molecule has 0 unspecified atom stereocenters. The third-order valence-corrected chi connectivity index (χ3v) is 2.51. The number of rotatable bonds is 2. The molecule has 0 aromatic heterocycles. The molecule has 0 N–H and O–H groups in total. The molecule has 84 valence electrons. The maximum Gasteiger partial charge on any atom is 0.296 e. The number of amides is 1. The van der Waals surface area contributed by atoms with E-state index in [0.717, 1.165) is 11.0 Å². The Labute approximate surface area is 90.6 Å². The van der Waals surface area contributed by atoms with Crippen molar-refractivity contribution in [3.05, 3.63) is 34.1 Å². The van der Waals surface area contributed by atoms with E-state index in [1.54, 1.807) is 0 Å². The van der Waals surface area contributed by atoms with Crippen molar-refractivity contribution in [3.63, 3.8) is 0 Å². The zero-order valence-electron chi connectivity index (χ0n) is 8.35. The lowest BCUT2D eigenvalue weighted by atomic mass is 10.2. The second-order valence-corrected chi connectivity index (χ2v) is 3.51. The standard InChI is InChI=1S/C10H9FN2O3/c11-7-3-1-4-8(13(15)16)10(7)12-6-2-5-9(12)14/h1,3-4H,2,5-6H2. The highest BCUT2D eigenvalue weighted by atomic mass is 19.1. The van der Waals surface area contributed by atoms with Crippen molar-refractivity contribution in [3.8, 4) is 0 Å². The van der Waals surface area contributed by atoms with Gasteiger partial charge in [0.2, 0.25) is 5.91 Å². The molecule has 1 aromatic carbocycles. The summed E-state index contributed by atoms with van der Waals surface area (Å²) in [6, 6.07) is 3.58. The highest BCUT2D eigenvalue weighted by Gasteiger charge is 2.30. The Balaban J connectivity index is 2.53. The predicted molar refractivity (Wildman–Crippen MR) is 54.6 cm³/mol. The van der Waals surface area contributed by atoms with Crippen molar-refractivity contribution in [2.75, 3.05) is 11.4 Å². The van der Waals surface area contributed by atoms with Gasteiger partial charge < -0.3 is 4.90 Å². The lowest BCUT2D eigenvalue weighted by molar-refractivity contribution is -0.384. The molecule has 0 atom stereocenters. The van der Waals surface area contributed by atoms with Gasteiger partial charge in [0.1, 0.15) is 0 Å². The van der Waals surface area contributed by atoms with E-state index in [2.05, 4.69) is 0 Å². The number of hydrogen-bond donors (Lipinski definition) is 0. The molecule has 0 saturated carbocycles. The van der Waals surface area contributed by atoms with Crippen LogP contribution < -0.4 is 4.90 Å². The number of hydrogen-bond acceptors (Lipinski definition) is 3. The Morgan fingerprint density at radius 3 is 2.75 bits per heavy atom. The van der Waals surface area contributed by atoms with E-state index < -0.39 is 10.7 Å². The number of halogens is 1. The van der Waals surface area contributed by atoms with Crippen LogP contribution in [0.15, 0.2) is 18.2 Å². The smallest absolute Gasteiger partial charge is 0.296 e. The van der Waals surface area contributed by atoms with E-state index >= 15 is 0 Å². The van der Waals surface area contributed by atoms with Crippen LogP contribution in [0.1, 0.15) is 12.8 Å². The monoisotopic (exact) mass is 224 g/mol. The van der Waals surface area contributed by atoms with Crippen LogP contribution >= 0.6 is 0 Å². The van der Waals surface area contributed by atoms with Gasteiger partial charge in [0.25, 0.3) is 5.69 Å². The Morgan fingerprint density at radius 1 is 1.44 bits per heavy atom. The normalized spacial score (nSPS) is 15.6. The van der Waals surface area contributed by atoms with E-state index in [1.807, 2.05) is 0 Å². The zero-order valence-corrected chi connectivity index (χ0v) is 8.35. The van der Waals surface area contributed by atoms with Crippen molar-refractivity contribution in [1.82, 2.24) is 0 Å². The van der Waals surface area contributed by atoms with Crippen LogP contribution in [0.5, 0.6) is 0 Å². The lowest BCUT2D eigenvalue weighted by Gasteiger charge is -2.15. The van der Waals surface area contributed by atoms with E-state index in [1.165, 1.54) is 12.1 Å². The molecule has 1 aliphatic rings. The molecule has 5 nitrogen and oxygen atoms in total. The molecule has 0 spiro atoms. The number of anilines is 1. The lowest BCUT2D eigenvalue weighted by Crippen LogP contribution is -2.25. The fourth-order valence-electron chi connectivity index (χ4n) is 1.80. The third kappa shape index (κ3) is 1.62. The Morgan fingerprint density at radius 2 is 2.19 bits per heavy atom. The summed E-state index contributed by atoms with van der Waals surface area (Å²) in [5.74, 6) is -1.00. The minimum absolute atomic E-state index is 0.213. The predicted octanol–water partition coefficient (Wildman–Crippen LogP) is 1.86. The van der Waals surface area contributed by atoms with Crippen molar-refractivity contribution in [2.45, 2.75) is 12.8 Å². The van der Waals surface area contributed by atoms with Crippen LogP contribution in [0.4, 0.5) is 15.8 Å². The first-order valence-electron chi connectivity index (χ1n) is 4.84. The van der Waals surface area contributed by atoms with Crippen molar-refractivity contribution >= 4 is 17.3 Å². The number of nitro benzene ring substituents is 1. The first-order chi connectivity index (χ1) is 7.61. The quantitative estimate of drug-likeness (QED) is 0.569. The molecule has 1 heterocycles. The number of carbonyl (C=O) groups excluding carboxylic acids is 1. The molecule has 1 saturated heterocycles. The molecule has 1 amide bonds. The SMILES string of the molecule is O=C1CCCN1c1c(F)cccc1[N+](=O)[O-]. The average molecular weight is 224 g/mol. The first kappa shape index (κ1) is 10.5. The number of nitro groups is 1. The molecule has 6 heteroatoms. The summed E-state index contributed by atoms with van der Waals surface area (Å²) in [6.45, 7) is 0.334. The van der Waals surface area contributed by atoms with Gasteiger partial charge in [-0.1, -0.05) is 6.07 Å². The van der Waals surface area contributed by atoms with Gasteiger partial charge in [-0.15, -0.1) is 0 Å². The average Bonchev–Trinajstić information content (AvgIpc) is 2.64. The minimum atomic E-state index is -0.732. The second-order valence-electron chi connectivity index (χ2n) is 3.51. The third-order valence-electron chi connectivity index (χ3n) is 2.51. The van der Waals surface area contributed by atoms with E-state index in [0.29, 0.717) is 19.4 Å². The summed E-state index contributed by atoms with van der Waals surface area (Å²) in [5.41, 5.74) is -0.578. The topological polar surface area (TPSA) is 63.5 Å². The Kier molecular flexibility index (Phi) is 2.55. The molecular formula is C10H9FN2O3. The number of para-hydroxylation sites is 1. The van der Waals surface area contributed by atoms with Crippen LogP contribution in [-0.2, 0) is 4.79 Å². The first-order valence-corrected chi connectivity index (χ1v) is 4.84.